The molecule has 0 radical (unpaired) electrons. The lowest BCUT2D eigenvalue weighted by molar-refractivity contribution is 0.0469. The van der Waals surface area contributed by atoms with Crippen LogP contribution in [0.1, 0.15) is 28.9 Å². The first-order chi connectivity index (χ1) is 12.3. The van der Waals surface area contributed by atoms with Crippen LogP contribution in [0.2, 0.25) is 0 Å². The van der Waals surface area contributed by atoms with Crippen molar-refractivity contribution in [2.24, 2.45) is 0 Å². The van der Waals surface area contributed by atoms with Gasteiger partial charge in [0.25, 0.3) is 0 Å². The van der Waals surface area contributed by atoms with Gasteiger partial charge in [-0.15, -0.1) is 22.7 Å². The lowest BCUT2D eigenvalue weighted by Gasteiger charge is -2.18. The molecule has 1 aliphatic rings. The monoisotopic (exact) mass is 371 g/mol. The van der Waals surface area contributed by atoms with Crippen molar-refractivity contribution in [3.05, 3.63) is 52.5 Å². The minimum Gasteiger partial charge on any atom is -0.455 e. The summed E-state index contributed by atoms with van der Waals surface area (Å²) in [6.45, 7) is 2.05. The number of hydrogen-bond donors (Lipinski definition) is 0. The summed E-state index contributed by atoms with van der Waals surface area (Å²) in [7, 11) is 0. The normalized spacial score (nSPS) is 14.0. The number of pyridine rings is 1. The number of nitrogens with zero attached hydrogens (tertiary/aromatic N) is 3. The van der Waals surface area contributed by atoms with Crippen molar-refractivity contribution in [1.29, 1.82) is 0 Å². The Balaban J connectivity index is 1.44. The maximum atomic E-state index is 12.5. The van der Waals surface area contributed by atoms with Crippen LogP contribution >= 0.6 is 22.7 Å². The maximum Gasteiger partial charge on any atom is 0.342 e. The Hall–Kier alpha value is -2.25. The van der Waals surface area contributed by atoms with Crippen molar-refractivity contribution in [2.75, 3.05) is 18.0 Å². The van der Waals surface area contributed by atoms with Gasteiger partial charge >= 0.3 is 5.97 Å². The van der Waals surface area contributed by atoms with Gasteiger partial charge in [-0.3, -0.25) is 0 Å². The molecule has 0 amide bonds. The summed E-state index contributed by atoms with van der Waals surface area (Å²) in [4.78, 5) is 24.7. The van der Waals surface area contributed by atoms with E-state index in [0.717, 1.165) is 47.3 Å². The van der Waals surface area contributed by atoms with Gasteiger partial charge < -0.3 is 9.64 Å². The van der Waals surface area contributed by atoms with Crippen LogP contribution in [0.5, 0.6) is 0 Å². The third-order valence-electron chi connectivity index (χ3n) is 4.05. The van der Waals surface area contributed by atoms with E-state index in [9.17, 15) is 4.79 Å². The van der Waals surface area contributed by atoms with Crippen LogP contribution in [-0.4, -0.2) is 29.0 Å². The smallest absolute Gasteiger partial charge is 0.342 e. The van der Waals surface area contributed by atoms with Crippen molar-refractivity contribution >= 4 is 34.5 Å². The molecule has 7 heteroatoms. The lowest BCUT2D eigenvalue weighted by atomic mass is 10.2. The number of carbonyl (C=O) groups is 1. The molecule has 25 heavy (non-hydrogen) atoms. The van der Waals surface area contributed by atoms with Gasteiger partial charge in [0.05, 0.1) is 10.6 Å². The molecule has 1 saturated heterocycles. The molecule has 3 aromatic heterocycles. The van der Waals surface area contributed by atoms with Crippen LogP contribution in [0.25, 0.3) is 9.88 Å². The third kappa shape index (κ3) is 3.57. The number of esters is 1. The Morgan fingerprint density at radius 1 is 1.20 bits per heavy atom. The van der Waals surface area contributed by atoms with Crippen LogP contribution in [0.4, 0.5) is 5.82 Å². The molecule has 0 N–H and O–H groups in total. The van der Waals surface area contributed by atoms with E-state index in [2.05, 4.69) is 14.9 Å². The SMILES string of the molecule is O=C(OCc1csc(-c2cccs2)n1)c1cccnc1N1CCCC1. The molecule has 128 valence electrons. The van der Waals surface area contributed by atoms with Gasteiger partial charge in [-0.2, -0.15) is 0 Å². The first kappa shape index (κ1) is 16.2. The summed E-state index contributed by atoms with van der Waals surface area (Å²) in [6.07, 6.45) is 3.99. The highest BCUT2D eigenvalue weighted by molar-refractivity contribution is 7.20. The summed E-state index contributed by atoms with van der Waals surface area (Å²) in [5, 5.41) is 4.92. The average Bonchev–Trinajstić information content (AvgIpc) is 3.41. The second kappa shape index (κ2) is 7.33. The first-order valence-electron chi connectivity index (χ1n) is 8.16. The van der Waals surface area contributed by atoms with Crippen molar-refractivity contribution in [3.63, 3.8) is 0 Å². The molecule has 0 atom stereocenters. The van der Waals surface area contributed by atoms with E-state index in [1.807, 2.05) is 22.9 Å². The Morgan fingerprint density at radius 2 is 2.08 bits per heavy atom. The fraction of sp³-hybridized carbons (Fsp3) is 0.278. The second-order valence-corrected chi connectivity index (χ2v) is 7.57. The van der Waals surface area contributed by atoms with Gasteiger partial charge in [0.15, 0.2) is 0 Å². The van der Waals surface area contributed by atoms with Gasteiger partial charge in [0.2, 0.25) is 0 Å². The number of hydrogen-bond acceptors (Lipinski definition) is 7. The van der Waals surface area contributed by atoms with Crippen molar-refractivity contribution in [3.8, 4) is 9.88 Å². The number of aromatic nitrogens is 2. The van der Waals surface area contributed by atoms with E-state index in [-0.39, 0.29) is 12.6 Å². The van der Waals surface area contributed by atoms with Crippen LogP contribution < -0.4 is 4.90 Å². The Labute approximate surface area is 153 Å². The number of carbonyl (C=O) groups excluding carboxylic acids is 1. The molecule has 0 saturated carbocycles. The van der Waals surface area contributed by atoms with E-state index in [4.69, 9.17) is 4.74 Å². The number of rotatable bonds is 5. The Morgan fingerprint density at radius 3 is 2.88 bits per heavy atom. The van der Waals surface area contributed by atoms with Crippen molar-refractivity contribution < 1.29 is 9.53 Å². The first-order valence-corrected chi connectivity index (χ1v) is 9.92. The molecular weight excluding hydrogens is 354 g/mol. The van der Waals surface area contributed by atoms with Crippen LogP contribution in [0, 0.1) is 0 Å². The zero-order chi connectivity index (χ0) is 17.1. The summed E-state index contributed by atoms with van der Waals surface area (Å²) in [5.74, 6) is 0.378. The molecule has 1 fully saturated rings. The van der Waals surface area contributed by atoms with E-state index in [1.165, 1.54) is 0 Å². The topological polar surface area (TPSA) is 55.3 Å². The van der Waals surface area contributed by atoms with Crippen molar-refractivity contribution in [2.45, 2.75) is 19.4 Å². The highest BCUT2D eigenvalue weighted by Gasteiger charge is 2.21. The molecule has 1 aliphatic heterocycles. The highest BCUT2D eigenvalue weighted by atomic mass is 32.1. The fourth-order valence-electron chi connectivity index (χ4n) is 2.84. The molecule has 0 spiro atoms. The largest absolute Gasteiger partial charge is 0.455 e. The number of thiophene rings is 1. The zero-order valence-electron chi connectivity index (χ0n) is 13.6. The number of anilines is 1. The summed E-state index contributed by atoms with van der Waals surface area (Å²) in [5.41, 5.74) is 1.30. The molecule has 0 aromatic carbocycles. The molecule has 4 heterocycles. The molecule has 3 aromatic rings. The highest BCUT2D eigenvalue weighted by Crippen LogP contribution is 2.28. The summed E-state index contributed by atoms with van der Waals surface area (Å²) < 4.78 is 5.49. The molecule has 0 aliphatic carbocycles. The minimum absolute atomic E-state index is 0.176. The quantitative estimate of drug-likeness (QED) is 0.629. The standard InChI is InChI=1S/C18H17N3O2S2/c22-18(14-5-3-7-19-16(14)21-8-1-2-9-21)23-11-13-12-25-17(20-13)15-6-4-10-24-15/h3-7,10,12H,1-2,8-9,11H2. The van der Waals surface area contributed by atoms with Gasteiger partial charge in [0.1, 0.15) is 23.0 Å². The molecule has 5 nitrogen and oxygen atoms in total. The van der Waals surface area contributed by atoms with Crippen LogP contribution in [0.3, 0.4) is 0 Å². The van der Waals surface area contributed by atoms with Gasteiger partial charge in [-0.1, -0.05) is 6.07 Å². The minimum atomic E-state index is -0.347. The number of ether oxygens (including phenoxy) is 1. The van der Waals surface area contributed by atoms with E-state index < -0.39 is 0 Å². The lowest BCUT2D eigenvalue weighted by Crippen LogP contribution is -2.22. The van der Waals surface area contributed by atoms with Gasteiger partial charge in [-0.25, -0.2) is 14.8 Å². The van der Waals surface area contributed by atoms with E-state index in [0.29, 0.717) is 5.56 Å². The van der Waals surface area contributed by atoms with Gasteiger partial charge in [-0.05, 0) is 36.4 Å². The van der Waals surface area contributed by atoms with Gasteiger partial charge in [0, 0.05) is 24.7 Å². The summed E-state index contributed by atoms with van der Waals surface area (Å²) >= 11 is 3.22. The molecule has 0 bridgehead atoms. The second-order valence-electron chi connectivity index (χ2n) is 5.77. The van der Waals surface area contributed by atoms with Crippen LogP contribution in [0.15, 0.2) is 41.2 Å². The molecule has 4 rings (SSSR count). The fourth-order valence-corrected chi connectivity index (χ4v) is 4.46. The Bertz CT molecular complexity index is 855. The van der Waals surface area contributed by atoms with E-state index >= 15 is 0 Å². The average molecular weight is 371 g/mol. The maximum absolute atomic E-state index is 12.5. The van der Waals surface area contributed by atoms with E-state index in [1.54, 1.807) is 41.0 Å². The third-order valence-corrected chi connectivity index (χ3v) is 5.98. The molecule has 0 unspecified atom stereocenters. The van der Waals surface area contributed by atoms with Crippen LogP contribution in [-0.2, 0) is 11.3 Å². The Kier molecular flexibility index (Phi) is 4.76. The zero-order valence-corrected chi connectivity index (χ0v) is 15.2. The number of thiazole rings is 1. The predicted molar refractivity (Wildman–Crippen MR) is 100 cm³/mol. The molecular formula is C18H17N3O2S2. The predicted octanol–water partition coefficient (Wildman–Crippen LogP) is 4.22. The van der Waals surface area contributed by atoms with Crippen molar-refractivity contribution in [1.82, 2.24) is 9.97 Å². The summed E-state index contributed by atoms with van der Waals surface area (Å²) in [6, 6.07) is 7.59.